The molecular formula is C16H28N2O2. The van der Waals surface area contributed by atoms with Crippen molar-refractivity contribution in [3.8, 4) is 0 Å². The maximum atomic E-state index is 10.0. The van der Waals surface area contributed by atoms with E-state index in [1.807, 2.05) is 6.92 Å². The van der Waals surface area contributed by atoms with Crippen molar-refractivity contribution < 1.29 is 9.84 Å². The molecule has 1 saturated heterocycles. The zero-order valence-corrected chi connectivity index (χ0v) is 13.4. The molecule has 2 heterocycles. The molecule has 0 radical (unpaired) electrons. The topological polar surface area (TPSA) is 47.3 Å². The Hall–Kier alpha value is -0.870. The second-order valence-electron chi connectivity index (χ2n) is 6.41. The molecule has 1 aromatic rings. The SMILES string of the molecule is CCc1nn(CC2CCC(C)(C)O2)c(CC)c1C(C)O. The van der Waals surface area contributed by atoms with Crippen molar-refractivity contribution in [2.75, 3.05) is 0 Å². The van der Waals surface area contributed by atoms with Crippen LogP contribution in [0, 0.1) is 0 Å². The number of hydrogen-bond acceptors (Lipinski definition) is 3. The monoisotopic (exact) mass is 280 g/mol. The van der Waals surface area contributed by atoms with E-state index in [-0.39, 0.29) is 11.7 Å². The van der Waals surface area contributed by atoms with Crippen molar-refractivity contribution in [2.45, 2.75) is 84.7 Å². The smallest absolute Gasteiger partial charge is 0.0798 e. The van der Waals surface area contributed by atoms with Crippen LogP contribution in [0.1, 0.15) is 70.5 Å². The largest absolute Gasteiger partial charge is 0.389 e. The van der Waals surface area contributed by atoms with Gasteiger partial charge in [-0.15, -0.1) is 0 Å². The van der Waals surface area contributed by atoms with Crippen molar-refractivity contribution in [1.82, 2.24) is 9.78 Å². The number of ether oxygens (including phenoxy) is 1. The van der Waals surface area contributed by atoms with E-state index in [1.165, 1.54) is 0 Å². The summed E-state index contributed by atoms with van der Waals surface area (Å²) in [6.45, 7) is 11.1. The van der Waals surface area contributed by atoms with Crippen LogP contribution in [-0.4, -0.2) is 26.6 Å². The van der Waals surface area contributed by atoms with Crippen LogP contribution in [0.5, 0.6) is 0 Å². The van der Waals surface area contributed by atoms with Crippen LogP contribution in [0.4, 0.5) is 0 Å². The minimum Gasteiger partial charge on any atom is -0.389 e. The predicted octanol–water partition coefficient (Wildman–Crippen LogP) is 3.02. The number of aliphatic hydroxyl groups is 1. The average Bonchev–Trinajstić information content (AvgIpc) is 2.89. The highest BCUT2D eigenvalue weighted by Gasteiger charge is 2.32. The average molecular weight is 280 g/mol. The summed E-state index contributed by atoms with van der Waals surface area (Å²) in [4.78, 5) is 0. The van der Waals surface area contributed by atoms with E-state index in [2.05, 4.69) is 32.4 Å². The molecule has 2 rings (SSSR count). The minimum atomic E-state index is -0.449. The summed E-state index contributed by atoms with van der Waals surface area (Å²) in [5.41, 5.74) is 3.19. The van der Waals surface area contributed by atoms with Gasteiger partial charge in [-0.1, -0.05) is 13.8 Å². The summed E-state index contributed by atoms with van der Waals surface area (Å²) < 4.78 is 8.13. The third kappa shape index (κ3) is 3.07. The standard InChI is InChI=1S/C16H28N2O2/c1-6-13-15(11(3)19)14(7-2)18(17-13)10-12-8-9-16(4,5)20-12/h11-12,19H,6-10H2,1-5H3. The maximum Gasteiger partial charge on any atom is 0.0798 e. The summed E-state index contributed by atoms with van der Waals surface area (Å²) in [6, 6.07) is 0. The van der Waals surface area contributed by atoms with Crippen LogP contribution >= 0.6 is 0 Å². The summed E-state index contributed by atoms with van der Waals surface area (Å²) in [5, 5.41) is 14.7. The van der Waals surface area contributed by atoms with E-state index in [4.69, 9.17) is 9.84 Å². The Balaban J connectivity index is 2.24. The summed E-state index contributed by atoms with van der Waals surface area (Å²) >= 11 is 0. The van der Waals surface area contributed by atoms with Gasteiger partial charge in [-0.3, -0.25) is 4.68 Å². The molecule has 1 fully saturated rings. The number of hydrogen-bond donors (Lipinski definition) is 1. The van der Waals surface area contributed by atoms with Crippen LogP contribution < -0.4 is 0 Å². The third-order valence-electron chi connectivity index (χ3n) is 4.19. The Morgan fingerprint density at radius 3 is 2.55 bits per heavy atom. The maximum absolute atomic E-state index is 10.0. The molecule has 1 aliphatic heterocycles. The van der Waals surface area contributed by atoms with Gasteiger partial charge in [-0.05, 0) is 46.5 Å². The zero-order valence-electron chi connectivity index (χ0n) is 13.4. The van der Waals surface area contributed by atoms with Gasteiger partial charge in [-0.25, -0.2) is 0 Å². The molecule has 0 saturated carbocycles. The van der Waals surface area contributed by atoms with Gasteiger partial charge in [0.2, 0.25) is 0 Å². The summed E-state index contributed by atoms with van der Waals surface area (Å²) in [6.07, 6.45) is 3.73. The summed E-state index contributed by atoms with van der Waals surface area (Å²) in [7, 11) is 0. The molecule has 20 heavy (non-hydrogen) atoms. The summed E-state index contributed by atoms with van der Waals surface area (Å²) in [5.74, 6) is 0. The second-order valence-corrected chi connectivity index (χ2v) is 6.41. The molecule has 1 aromatic heterocycles. The molecule has 2 atom stereocenters. The Labute approximate surface area is 122 Å². The van der Waals surface area contributed by atoms with Crippen molar-refractivity contribution >= 4 is 0 Å². The second kappa shape index (κ2) is 5.86. The van der Waals surface area contributed by atoms with E-state index < -0.39 is 6.10 Å². The highest BCUT2D eigenvalue weighted by molar-refractivity contribution is 5.28. The van der Waals surface area contributed by atoms with Crippen LogP contribution in [0.15, 0.2) is 0 Å². The first kappa shape index (κ1) is 15.5. The lowest BCUT2D eigenvalue weighted by Crippen LogP contribution is -2.24. The Morgan fingerprint density at radius 1 is 1.40 bits per heavy atom. The minimum absolute atomic E-state index is 0.00904. The van der Waals surface area contributed by atoms with Crippen LogP contribution in [0.3, 0.4) is 0 Å². The number of nitrogens with zero attached hydrogens (tertiary/aromatic N) is 2. The molecule has 0 amide bonds. The number of aryl methyl sites for hydroxylation is 1. The first-order chi connectivity index (χ1) is 9.38. The predicted molar refractivity (Wildman–Crippen MR) is 79.8 cm³/mol. The van der Waals surface area contributed by atoms with Gasteiger partial charge in [0.1, 0.15) is 0 Å². The third-order valence-corrected chi connectivity index (χ3v) is 4.19. The molecule has 0 bridgehead atoms. The normalized spacial score (nSPS) is 23.2. The fourth-order valence-corrected chi connectivity index (χ4v) is 3.23. The Kier molecular flexibility index (Phi) is 4.55. The number of aliphatic hydroxyl groups excluding tert-OH is 1. The molecule has 1 N–H and O–H groups in total. The first-order valence-electron chi connectivity index (χ1n) is 7.82. The molecule has 114 valence electrons. The van der Waals surface area contributed by atoms with E-state index in [0.29, 0.717) is 0 Å². The van der Waals surface area contributed by atoms with Gasteiger partial charge in [0.15, 0.2) is 0 Å². The lowest BCUT2D eigenvalue weighted by molar-refractivity contribution is -0.0233. The molecule has 4 nitrogen and oxygen atoms in total. The van der Waals surface area contributed by atoms with Crippen molar-refractivity contribution in [3.05, 3.63) is 17.0 Å². The molecule has 4 heteroatoms. The van der Waals surface area contributed by atoms with Crippen molar-refractivity contribution in [1.29, 1.82) is 0 Å². The lowest BCUT2D eigenvalue weighted by Gasteiger charge is -2.20. The van der Waals surface area contributed by atoms with E-state index in [9.17, 15) is 5.11 Å². The highest BCUT2D eigenvalue weighted by Crippen LogP contribution is 2.31. The Bertz CT molecular complexity index is 463. The van der Waals surface area contributed by atoms with Gasteiger partial charge >= 0.3 is 0 Å². The van der Waals surface area contributed by atoms with Crippen molar-refractivity contribution in [3.63, 3.8) is 0 Å². The molecule has 0 aliphatic carbocycles. The van der Waals surface area contributed by atoms with E-state index in [1.54, 1.807) is 0 Å². The quantitative estimate of drug-likeness (QED) is 0.902. The highest BCUT2D eigenvalue weighted by atomic mass is 16.5. The van der Waals surface area contributed by atoms with Gasteiger partial charge in [0.25, 0.3) is 0 Å². The fourth-order valence-electron chi connectivity index (χ4n) is 3.23. The lowest BCUT2D eigenvalue weighted by atomic mass is 10.0. The molecule has 0 spiro atoms. The number of aromatic nitrogens is 2. The molecule has 2 unspecified atom stereocenters. The van der Waals surface area contributed by atoms with Crippen LogP contribution in [0.25, 0.3) is 0 Å². The molecule has 0 aromatic carbocycles. The first-order valence-corrected chi connectivity index (χ1v) is 7.82. The molecule has 1 aliphatic rings. The van der Waals surface area contributed by atoms with Crippen LogP contribution in [0.2, 0.25) is 0 Å². The van der Waals surface area contributed by atoms with Gasteiger partial charge in [0.05, 0.1) is 30.0 Å². The van der Waals surface area contributed by atoms with Gasteiger partial charge in [-0.2, -0.15) is 5.10 Å². The van der Waals surface area contributed by atoms with E-state index >= 15 is 0 Å². The van der Waals surface area contributed by atoms with Gasteiger partial charge in [0, 0.05) is 11.3 Å². The zero-order chi connectivity index (χ0) is 14.9. The molecular weight excluding hydrogens is 252 g/mol. The fraction of sp³-hybridized carbons (Fsp3) is 0.812. The van der Waals surface area contributed by atoms with Crippen LogP contribution in [-0.2, 0) is 24.1 Å². The van der Waals surface area contributed by atoms with E-state index in [0.717, 1.165) is 49.2 Å². The number of rotatable bonds is 5. The van der Waals surface area contributed by atoms with Crippen molar-refractivity contribution in [2.24, 2.45) is 0 Å². The van der Waals surface area contributed by atoms with Gasteiger partial charge < -0.3 is 9.84 Å². The Morgan fingerprint density at radius 2 is 2.10 bits per heavy atom.